The molecule has 4 aromatic rings. The highest BCUT2D eigenvalue weighted by molar-refractivity contribution is 5.96. The molecule has 6 rings (SSSR count). The number of nitrogens with one attached hydrogen (secondary N) is 1. The Morgan fingerprint density at radius 1 is 1.08 bits per heavy atom. The predicted octanol–water partition coefficient (Wildman–Crippen LogP) is 6.96. The van der Waals surface area contributed by atoms with E-state index in [4.69, 9.17) is 9.47 Å². The second kappa shape index (κ2) is 10.6. The molecule has 39 heavy (non-hydrogen) atoms. The van der Waals surface area contributed by atoms with Gasteiger partial charge in [0.2, 0.25) is 0 Å². The molecule has 1 saturated heterocycles. The van der Waals surface area contributed by atoms with E-state index >= 15 is 0 Å². The molecule has 6 nitrogen and oxygen atoms in total. The lowest BCUT2D eigenvalue weighted by Crippen LogP contribution is -2.35. The van der Waals surface area contributed by atoms with Gasteiger partial charge in [-0.15, -0.1) is 0 Å². The molecule has 2 N–H and O–H groups in total. The van der Waals surface area contributed by atoms with Gasteiger partial charge in [0, 0.05) is 35.5 Å². The number of benzene rings is 3. The summed E-state index contributed by atoms with van der Waals surface area (Å²) in [5, 5.41) is 17.2. The number of rotatable bonds is 7. The first-order valence-electron chi connectivity index (χ1n) is 13.7. The molecule has 3 aromatic carbocycles. The minimum absolute atomic E-state index is 0.223. The second-order valence-corrected chi connectivity index (χ2v) is 10.9. The second-order valence-electron chi connectivity index (χ2n) is 10.9. The summed E-state index contributed by atoms with van der Waals surface area (Å²) >= 11 is 0. The summed E-state index contributed by atoms with van der Waals surface area (Å²) in [5.41, 5.74) is 7.28. The Balaban J connectivity index is 1.30. The lowest BCUT2D eigenvalue weighted by atomic mass is 9.85. The van der Waals surface area contributed by atoms with Crippen LogP contribution in [-0.4, -0.2) is 45.9 Å². The maximum atomic E-state index is 10.2. The number of fused-ring (bicyclic) bond motifs is 1. The molecule has 0 bridgehead atoms. The zero-order valence-electron chi connectivity index (χ0n) is 22.7. The largest absolute Gasteiger partial charge is 0.508 e. The van der Waals surface area contributed by atoms with Gasteiger partial charge in [-0.2, -0.15) is 5.10 Å². The Morgan fingerprint density at radius 2 is 1.90 bits per heavy atom. The fourth-order valence-electron chi connectivity index (χ4n) is 5.75. The van der Waals surface area contributed by atoms with E-state index in [-0.39, 0.29) is 11.9 Å². The number of allylic oxidation sites excluding steroid dienone is 1. The molecule has 0 spiro atoms. The molecule has 3 heterocycles. The topological polar surface area (TPSA) is 70.6 Å². The first-order chi connectivity index (χ1) is 19.0. The van der Waals surface area contributed by atoms with E-state index in [1.165, 1.54) is 6.42 Å². The van der Waals surface area contributed by atoms with Gasteiger partial charge in [-0.25, -0.2) is 0 Å². The number of phenols is 1. The van der Waals surface area contributed by atoms with Crippen molar-refractivity contribution in [3.8, 4) is 28.4 Å². The average Bonchev–Trinajstić information content (AvgIpc) is 3.65. The van der Waals surface area contributed by atoms with Gasteiger partial charge >= 0.3 is 0 Å². The lowest BCUT2D eigenvalue weighted by Gasteiger charge is -2.31. The predicted molar refractivity (Wildman–Crippen MR) is 155 cm³/mol. The number of nitrogens with zero attached hydrogens (tertiary/aromatic N) is 2. The van der Waals surface area contributed by atoms with Crippen LogP contribution < -0.4 is 9.47 Å². The van der Waals surface area contributed by atoms with Gasteiger partial charge in [-0.1, -0.05) is 37.3 Å². The number of phenolic OH excluding ortho intramolecular Hbond substituents is 1. The van der Waals surface area contributed by atoms with Gasteiger partial charge in [-0.3, -0.25) is 10.00 Å². The van der Waals surface area contributed by atoms with E-state index in [1.54, 1.807) is 12.1 Å². The van der Waals surface area contributed by atoms with E-state index in [1.807, 2.05) is 30.6 Å². The summed E-state index contributed by atoms with van der Waals surface area (Å²) in [5.74, 6) is 2.62. The van der Waals surface area contributed by atoms with E-state index in [0.717, 1.165) is 69.5 Å². The van der Waals surface area contributed by atoms with Crippen LogP contribution in [0.4, 0.5) is 0 Å². The van der Waals surface area contributed by atoms with E-state index in [2.05, 4.69) is 72.3 Å². The number of aromatic amines is 1. The van der Waals surface area contributed by atoms with Crippen LogP contribution >= 0.6 is 0 Å². The number of aromatic hydroxyl groups is 1. The third-order valence-electron chi connectivity index (χ3n) is 8.04. The van der Waals surface area contributed by atoms with Crippen molar-refractivity contribution in [3.63, 3.8) is 0 Å². The van der Waals surface area contributed by atoms with Crippen molar-refractivity contribution < 1.29 is 14.6 Å². The zero-order valence-corrected chi connectivity index (χ0v) is 22.7. The molecule has 0 radical (unpaired) electrons. The van der Waals surface area contributed by atoms with Crippen LogP contribution in [-0.2, 0) is 0 Å². The Hall–Kier alpha value is -4.03. The fourth-order valence-corrected chi connectivity index (χ4v) is 5.75. The molecule has 3 atom stereocenters. The molecular weight excluding hydrogens is 486 g/mol. The Bertz CT molecular complexity index is 1480. The molecule has 200 valence electrons. The quantitative estimate of drug-likeness (QED) is 0.275. The van der Waals surface area contributed by atoms with E-state index < -0.39 is 0 Å². The van der Waals surface area contributed by atoms with Crippen LogP contribution in [0.3, 0.4) is 0 Å². The van der Waals surface area contributed by atoms with Gasteiger partial charge in [0.25, 0.3) is 0 Å². The minimum atomic E-state index is -0.305. The van der Waals surface area contributed by atoms with Crippen LogP contribution in [0.25, 0.3) is 22.3 Å². The third kappa shape index (κ3) is 5.17. The molecular formula is C33H35N3O3. The number of hydrogen-bond acceptors (Lipinski definition) is 5. The van der Waals surface area contributed by atoms with Gasteiger partial charge in [0.1, 0.15) is 30.0 Å². The molecule has 3 unspecified atom stereocenters. The maximum Gasteiger partial charge on any atom is 0.150 e. The van der Waals surface area contributed by atoms with Gasteiger partial charge in [0.15, 0.2) is 0 Å². The molecule has 2 aliphatic rings. The van der Waals surface area contributed by atoms with Crippen molar-refractivity contribution >= 4 is 11.1 Å². The monoisotopic (exact) mass is 521 g/mol. The zero-order chi connectivity index (χ0) is 26.9. The molecule has 0 saturated carbocycles. The Labute approximate surface area is 229 Å². The Morgan fingerprint density at radius 3 is 2.64 bits per heavy atom. The van der Waals surface area contributed by atoms with E-state index in [0.29, 0.717) is 12.6 Å². The summed E-state index contributed by atoms with van der Waals surface area (Å²) < 4.78 is 12.8. The van der Waals surface area contributed by atoms with Crippen molar-refractivity contribution in [2.24, 2.45) is 5.92 Å². The first kappa shape index (κ1) is 25.3. The molecule has 1 aromatic heterocycles. The van der Waals surface area contributed by atoms with Crippen LogP contribution in [0.1, 0.15) is 50.0 Å². The van der Waals surface area contributed by atoms with Crippen molar-refractivity contribution in [1.29, 1.82) is 0 Å². The number of likely N-dealkylation sites (tertiary alicyclic amines) is 1. The minimum Gasteiger partial charge on any atom is -0.508 e. The molecule has 6 heteroatoms. The number of aromatic nitrogens is 2. The van der Waals surface area contributed by atoms with Crippen molar-refractivity contribution in [1.82, 2.24) is 15.1 Å². The van der Waals surface area contributed by atoms with Crippen molar-refractivity contribution in [2.75, 3.05) is 19.7 Å². The smallest absolute Gasteiger partial charge is 0.150 e. The van der Waals surface area contributed by atoms with Crippen molar-refractivity contribution in [2.45, 2.75) is 39.3 Å². The van der Waals surface area contributed by atoms with Gasteiger partial charge < -0.3 is 14.6 Å². The molecule has 2 aliphatic heterocycles. The number of hydrogen-bond donors (Lipinski definition) is 2. The van der Waals surface area contributed by atoms with Crippen LogP contribution in [0.2, 0.25) is 0 Å². The third-order valence-corrected chi connectivity index (χ3v) is 8.04. The number of H-pyrrole nitrogens is 1. The first-order valence-corrected chi connectivity index (χ1v) is 13.7. The highest BCUT2D eigenvalue weighted by Crippen LogP contribution is 2.47. The summed E-state index contributed by atoms with van der Waals surface area (Å²) in [6, 6.07) is 22.4. The standard InChI is InChI=1S/C33H35N3O3/c1-21-13-14-36(19-21)22(2)20-38-29-10-7-24(8-11-29)33-32(23(3)30-16-28(37)9-12-31(30)39-33)26-6-4-5-25(15-26)27-17-34-35-18-27/h4-12,15-18,21-22,33,37H,13-14,19-20H2,1-3H3,(H,34,35). The summed E-state index contributed by atoms with van der Waals surface area (Å²) in [4.78, 5) is 2.52. The lowest BCUT2D eigenvalue weighted by molar-refractivity contribution is 0.169. The molecule has 0 aliphatic carbocycles. The van der Waals surface area contributed by atoms with E-state index in [9.17, 15) is 5.11 Å². The van der Waals surface area contributed by atoms with Gasteiger partial charge in [-0.05, 0) is 91.4 Å². The summed E-state index contributed by atoms with van der Waals surface area (Å²) in [7, 11) is 0. The molecule has 0 amide bonds. The SMILES string of the molecule is CC1=C(c2cccc(-c3cn[nH]c3)c2)C(c2ccc(OCC(C)N3CCC(C)C3)cc2)Oc2ccc(O)cc21. The van der Waals surface area contributed by atoms with Crippen LogP contribution in [0.15, 0.2) is 79.1 Å². The van der Waals surface area contributed by atoms with Gasteiger partial charge in [0.05, 0.1) is 6.20 Å². The maximum absolute atomic E-state index is 10.2. The summed E-state index contributed by atoms with van der Waals surface area (Å²) in [6.07, 6.45) is 4.68. The normalized spacial score (nSPS) is 20.0. The number of ether oxygens (including phenoxy) is 2. The fraction of sp³-hybridized carbons (Fsp3) is 0.303. The highest BCUT2D eigenvalue weighted by Gasteiger charge is 2.30. The average molecular weight is 522 g/mol. The van der Waals surface area contributed by atoms with Crippen molar-refractivity contribution in [3.05, 3.63) is 95.8 Å². The molecule has 1 fully saturated rings. The van der Waals surface area contributed by atoms with Crippen LogP contribution in [0, 0.1) is 5.92 Å². The highest BCUT2D eigenvalue weighted by atomic mass is 16.5. The Kier molecular flexibility index (Phi) is 6.88. The summed E-state index contributed by atoms with van der Waals surface area (Å²) in [6.45, 7) is 9.64. The van der Waals surface area contributed by atoms with Crippen LogP contribution in [0.5, 0.6) is 17.2 Å².